The van der Waals surface area contributed by atoms with E-state index in [1.807, 2.05) is 33.8 Å². The van der Waals surface area contributed by atoms with Gasteiger partial charge in [0.2, 0.25) is 0 Å². The molecule has 6 heteroatoms. The van der Waals surface area contributed by atoms with E-state index >= 15 is 0 Å². The third kappa shape index (κ3) is 2.30. The molecule has 0 unspecified atom stereocenters. The van der Waals surface area contributed by atoms with Crippen LogP contribution in [0.5, 0.6) is 5.75 Å². The number of halogens is 1. The van der Waals surface area contributed by atoms with Crippen molar-refractivity contribution in [1.29, 1.82) is 0 Å². The van der Waals surface area contributed by atoms with E-state index in [2.05, 4.69) is 0 Å². The van der Waals surface area contributed by atoms with Crippen LogP contribution in [0.2, 0.25) is 0 Å². The highest BCUT2D eigenvalue weighted by Gasteiger charge is 2.52. The number of hydrogen-bond acceptors (Lipinski definition) is 4. The standard InChI is InChI=1S/C13H19BFNO3/c1-12(2)13(3,4)19-14(18-12)9-7-6-8-10(16-15)11(9)17-5/h6-8,16H,1-5H3. The first-order valence-electron chi connectivity index (χ1n) is 6.21. The maximum absolute atomic E-state index is 12.7. The Bertz CT molecular complexity index is 463. The largest absolute Gasteiger partial charge is 0.498 e. The van der Waals surface area contributed by atoms with Gasteiger partial charge in [0.05, 0.1) is 18.3 Å². The third-order valence-electron chi connectivity index (χ3n) is 3.86. The lowest BCUT2D eigenvalue weighted by Gasteiger charge is -2.32. The number of rotatable bonds is 3. The molecule has 104 valence electrons. The van der Waals surface area contributed by atoms with Crippen molar-refractivity contribution < 1.29 is 18.5 Å². The van der Waals surface area contributed by atoms with Gasteiger partial charge in [0.15, 0.2) is 0 Å². The molecule has 1 aliphatic rings. The number of nitrogens with one attached hydrogen (secondary N) is 1. The second-order valence-corrected chi connectivity index (χ2v) is 5.61. The lowest BCUT2D eigenvalue weighted by Crippen LogP contribution is -2.41. The Morgan fingerprint density at radius 2 is 1.74 bits per heavy atom. The fourth-order valence-corrected chi connectivity index (χ4v) is 2.01. The first-order chi connectivity index (χ1) is 8.82. The SMILES string of the molecule is COc1c(NF)cccc1B1OC(C)(C)C(C)(C)O1. The molecule has 2 rings (SSSR count). The van der Waals surface area contributed by atoms with Gasteiger partial charge in [0.1, 0.15) is 11.4 Å². The Morgan fingerprint density at radius 3 is 2.21 bits per heavy atom. The molecule has 1 fully saturated rings. The van der Waals surface area contributed by atoms with Gasteiger partial charge in [-0.2, -0.15) is 0 Å². The number of benzene rings is 1. The second-order valence-electron chi connectivity index (χ2n) is 5.61. The van der Waals surface area contributed by atoms with E-state index in [1.165, 1.54) is 7.11 Å². The molecule has 1 aliphatic heterocycles. The van der Waals surface area contributed by atoms with Gasteiger partial charge in [0, 0.05) is 5.46 Å². The van der Waals surface area contributed by atoms with Gasteiger partial charge < -0.3 is 14.0 Å². The minimum absolute atomic E-state index is 0.259. The normalized spacial score (nSPS) is 20.4. The van der Waals surface area contributed by atoms with Crippen LogP contribution < -0.4 is 15.7 Å². The predicted molar refractivity (Wildman–Crippen MR) is 73.4 cm³/mol. The Balaban J connectivity index is 2.39. The van der Waals surface area contributed by atoms with Crippen molar-refractivity contribution in [2.24, 2.45) is 0 Å². The summed E-state index contributed by atoms with van der Waals surface area (Å²) in [6.07, 6.45) is 0. The lowest BCUT2D eigenvalue weighted by molar-refractivity contribution is 0.00578. The predicted octanol–water partition coefficient (Wildman–Crippen LogP) is 2.29. The van der Waals surface area contributed by atoms with Crippen molar-refractivity contribution in [3.63, 3.8) is 0 Å². The van der Waals surface area contributed by atoms with Crippen molar-refractivity contribution >= 4 is 18.3 Å². The Labute approximate surface area is 113 Å². The molecule has 0 aliphatic carbocycles. The molecule has 1 saturated heterocycles. The van der Waals surface area contributed by atoms with Crippen LogP contribution in [-0.2, 0) is 9.31 Å². The molecule has 0 radical (unpaired) electrons. The highest BCUT2D eigenvalue weighted by Crippen LogP contribution is 2.37. The van der Waals surface area contributed by atoms with Crippen LogP contribution in [0.4, 0.5) is 10.2 Å². The van der Waals surface area contributed by atoms with Gasteiger partial charge in [-0.05, 0) is 33.8 Å². The maximum atomic E-state index is 12.7. The molecule has 1 aromatic rings. The first kappa shape index (κ1) is 14.2. The Kier molecular flexibility index (Phi) is 3.49. The number of anilines is 1. The average Bonchev–Trinajstić information content (AvgIpc) is 2.57. The lowest BCUT2D eigenvalue weighted by atomic mass is 9.78. The molecule has 1 N–H and O–H groups in total. The molecule has 4 nitrogen and oxygen atoms in total. The monoisotopic (exact) mass is 267 g/mol. The number of ether oxygens (including phenoxy) is 1. The van der Waals surface area contributed by atoms with Gasteiger partial charge in [-0.25, -0.2) is 5.54 Å². The summed E-state index contributed by atoms with van der Waals surface area (Å²) in [6, 6.07) is 5.13. The minimum atomic E-state index is -0.576. The van der Waals surface area contributed by atoms with Crippen molar-refractivity contribution in [2.75, 3.05) is 12.6 Å². The zero-order valence-electron chi connectivity index (χ0n) is 11.9. The van der Waals surface area contributed by atoms with Gasteiger partial charge in [-0.1, -0.05) is 12.1 Å². The summed E-state index contributed by atoms with van der Waals surface area (Å²) in [5.41, 5.74) is 1.66. The van der Waals surface area contributed by atoms with Crippen molar-refractivity contribution in [3.8, 4) is 5.75 Å². The molecule has 0 bridgehead atoms. The smallest absolute Gasteiger partial charge is 0.495 e. The van der Waals surface area contributed by atoms with Crippen LogP contribution in [0.3, 0.4) is 0 Å². The molecule has 0 amide bonds. The molecule has 0 spiro atoms. The molecule has 1 heterocycles. The maximum Gasteiger partial charge on any atom is 0.498 e. The van der Waals surface area contributed by atoms with Gasteiger partial charge in [-0.15, -0.1) is 4.48 Å². The molecular weight excluding hydrogens is 248 g/mol. The summed E-state index contributed by atoms with van der Waals surface area (Å²) >= 11 is 0. The summed E-state index contributed by atoms with van der Waals surface area (Å²) in [5.74, 6) is 0.392. The molecule has 0 aromatic heterocycles. The van der Waals surface area contributed by atoms with E-state index in [9.17, 15) is 4.48 Å². The molecule has 19 heavy (non-hydrogen) atoms. The van der Waals surface area contributed by atoms with E-state index in [0.717, 1.165) is 0 Å². The van der Waals surface area contributed by atoms with Crippen LogP contribution >= 0.6 is 0 Å². The zero-order valence-corrected chi connectivity index (χ0v) is 11.9. The second kappa shape index (κ2) is 4.69. The highest BCUT2D eigenvalue weighted by atomic mass is 19.2. The van der Waals surface area contributed by atoms with Gasteiger partial charge in [-0.3, -0.25) is 0 Å². The van der Waals surface area contributed by atoms with E-state index in [1.54, 1.807) is 17.7 Å². The van der Waals surface area contributed by atoms with Crippen molar-refractivity contribution in [3.05, 3.63) is 18.2 Å². The van der Waals surface area contributed by atoms with Crippen LogP contribution in [-0.4, -0.2) is 25.4 Å². The number of para-hydroxylation sites is 1. The van der Waals surface area contributed by atoms with E-state index in [0.29, 0.717) is 11.2 Å². The zero-order chi connectivity index (χ0) is 14.3. The average molecular weight is 267 g/mol. The van der Waals surface area contributed by atoms with Gasteiger partial charge >= 0.3 is 7.12 Å². The molecule has 1 aromatic carbocycles. The summed E-state index contributed by atoms with van der Waals surface area (Å²) in [4.78, 5) is 0. The van der Waals surface area contributed by atoms with E-state index in [-0.39, 0.29) is 5.69 Å². The molecule has 0 atom stereocenters. The summed E-state index contributed by atoms with van der Waals surface area (Å²) in [5, 5.41) is 0. The van der Waals surface area contributed by atoms with E-state index < -0.39 is 18.3 Å². The Morgan fingerprint density at radius 1 is 1.16 bits per heavy atom. The Hall–Kier alpha value is -1.27. The fraction of sp³-hybridized carbons (Fsp3) is 0.538. The third-order valence-corrected chi connectivity index (χ3v) is 3.86. The van der Waals surface area contributed by atoms with Crippen LogP contribution in [0.1, 0.15) is 27.7 Å². The topological polar surface area (TPSA) is 39.7 Å². The first-order valence-corrected chi connectivity index (χ1v) is 6.21. The minimum Gasteiger partial charge on any atom is -0.495 e. The summed E-state index contributed by atoms with van der Waals surface area (Å²) in [7, 11) is 0.915. The molecule has 0 saturated carbocycles. The van der Waals surface area contributed by atoms with Crippen molar-refractivity contribution in [2.45, 2.75) is 38.9 Å². The fourth-order valence-electron chi connectivity index (χ4n) is 2.01. The number of methoxy groups -OCH3 is 1. The van der Waals surface area contributed by atoms with Crippen LogP contribution in [0.25, 0.3) is 0 Å². The molecular formula is C13H19BFNO3. The van der Waals surface area contributed by atoms with E-state index in [4.69, 9.17) is 14.0 Å². The van der Waals surface area contributed by atoms with Crippen LogP contribution in [0, 0.1) is 0 Å². The highest BCUT2D eigenvalue weighted by molar-refractivity contribution is 6.63. The number of hydrogen-bond donors (Lipinski definition) is 1. The quantitative estimate of drug-likeness (QED) is 0.673. The van der Waals surface area contributed by atoms with Gasteiger partial charge in [0.25, 0.3) is 0 Å². The van der Waals surface area contributed by atoms with Crippen LogP contribution in [0.15, 0.2) is 18.2 Å². The summed E-state index contributed by atoms with van der Waals surface area (Å²) in [6.45, 7) is 7.88. The summed E-state index contributed by atoms with van der Waals surface area (Å²) < 4.78 is 29.9. The van der Waals surface area contributed by atoms with Crippen molar-refractivity contribution in [1.82, 2.24) is 0 Å².